The van der Waals surface area contributed by atoms with Gasteiger partial charge < -0.3 is 30.8 Å². The van der Waals surface area contributed by atoms with Gasteiger partial charge in [-0.15, -0.1) is 0 Å². The first-order valence-corrected chi connectivity index (χ1v) is 11.9. The zero-order valence-electron chi connectivity index (χ0n) is 21.1. The summed E-state index contributed by atoms with van der Waals surface area (Å²) in [6.45, 7) is 0. The van der Waals surface area contributed by atoms with Crippen molar-refractivity contribution in [3.63, 3.8) is 0 Å². The van der Waals surface area contributed by atoms with Gasteiger partial charge in [-0.1, -0.05) is 48.5 Å². The van der Waals surface area contributed by atoms with Crippen molar-refractivity contribution in [3.05, 3.63) is 90.0 Å². The molecule has 0 saturated heterocycles. The number of anilines is 1. The summed E-state index contributed by atoms with van der Waals surface area (Å²) in [6.07, 6.45) is -7.03. The largest absolute Gasteiger partial charge is 0.493 e. The molecule has 4 rings (SSSR count). The molecule has 0 aliphatic heterocycles. The van der Waals surface area contributed by atoms with Gasteiger partial charge in [-0.2, -0.15) is 18.2 Å². The van der Waals surface area contributed by atoms with Crippen molar-refractivity contribution >= 4 is 11.9 Å². The standard InChI is InChI=1S/C28H25F3N4O5/c1-38-22-4-2-3-5-23(22)39-19-12-10-18(11-13-19)25(28(29,30)31)40-24-15-21(34-27(33)35-24)17-8-6-16(7-9-17)14-20(32)26(36)37/h2-13,15,20,25H,14,32H2,1H3,(H,36,37)(H2,33,34,35). The fraction of sp³-hybridized carbons (Fsp3) is 0.179. The van der Waals surface area contributed by atoms with Gasteiger partial charge in [0.25, 0.3) is 0 Å². The Bertz CT molecular complexity index is 1460. The minimum Gasteiger partial charge on any atom is -0.493 e. The lowest BCUT2D eigenvalue weighted by Gasteiger charge is -2.22. The maximum atomic E-state index is 14.1. The Balaban J connectivity index is 1.55. The lowest BCUT2D eigenvalue weighted by molar-refractivity contribution is -0.198. The highest BCUT2D eigenvalue weighted by Gasteiger charge is 2.43. The molecule has 0 radical (unpaired) electrons. The second kappa shape index (κ2) is 11.9. The number of nitrogens with zero attached hydrogens (tertiary/aromatic N) is 2. The third-order valence-corrected chi connectivity index (χ3v) is 5.76. The second-order valence-corrected chi connectivity index (χ2v) is 8.66. The minimum absolute atomic E-state index is 0.103. The molecule has 3 aromatic carbocycles. The van der Waals surface area contributed by atoms with Crippen molar-refractivity contribution in [2.75, 3.05) is 12.8 Å². The number of carboxylic acids is 1. The predicted molar refractivity (Wildman–Crippen MR) is 140 cm³/mol. The maximum absolute atomic E-state index is 14.1. The summed E-state index contributed by atoms with van der Waals surface area (Å²) in [5.41, 5.74) is 12.5. The third-order valence-electron chi connectivity index (χ3n) is 5.76. The van der Waals surface area contributed by atoms with Crippen LogP contribution in [0.4, 0.5) is 19.1 Å². The quantitative estimate of drug-likeness (QED) is 0.242. The zero-order chi connectivity index (χ0) is 28.9. The number of alkyl halides is 3. The molecule has 0 aliphatic carbocycles. The maximum Gasteiger partial charge on any atom is 0.429 e. The van der Waals surface area contributed by atoms with Crippen LogP contribution in [0, 0.1) is 0 Å². The Morgan fingerprint density at radius 3 is 2.23 bits per heavy atom. The highest BCUT2D eigenvalue weighted by atomic mass is 19.4. The van der Waals surface area contributed by atoms with Gasteiger partial charge in [0.05, 0.1) is 12.8 Å². The van der Waals surface area contributed by atoms with Crippen molar-refractivity contribution < 1.29 is 37.3 Å². The van der Waals surface area contributed by atoms with E-state index >= 15 is 0 Å². The first kappa shape index (κ1) is 28.2. The number of aromatic nitrogens is 2. The average molecular weight is 555 g/mol. The molecule has 4 aromatic rings. The second-order valence-electron chi connectivity index (χ2n) is 8.66. The summed E-state index contributed by atoms with van der Waals surface area (Å²) < 4.78 is 58.5. The number of benzene rings is 3. The van der Waals surface area contributed by atoms with Crippen molar-refractivity contribution in [2.45, 2.75) is 24.7 Å². The number of nitrogen functional groups attached to an aromatic ring is 1. The molecule has 9 nitrogen and oxygen atoms in total. The van der Waals surface area contributed by atoms with Crippen molar-refractivity contribution in [2.24, 2.45) is 5.73 Å². The molecular formula is C28H25F3N4O5. The Kier molecular flexibility index (Phi) is 8.39. The van der Waals surface area contributed by atoms with Gasteiger partial charge in [-0.05, 0) is 36.2 Å². The van der Waals surface area contributed by atoms with Gasteiger partial charge >= 0.3 is 12.1 Å². The first-order valence-electron chi connectivity index (χ1n) is 11.9. The van der Waals surface area contributed by atoms with Crippen molar-refractivity contribution in [3.8, 4) is 34.4 Å². The van der Waals surface area contributed by atoms with Crippen LogP contribution in [0.25, 0.3) is 11.3 Å². The lowest BCUT2D eigenvalue weighted by Crippen LogP contribution is -2.32. The fourth-order valence-electron chi connectivity index (χ4n) is 3.79. The number of hydrogen-bond donors (Lipinski definition) is 3. The smallest absolute Gasteiger partial charge is 0.429 e. The number of nitrogens with two attached hydrogens (primary N) is 2. The van der Waals surface area contributed by atoms with Crippen LogP contribution >= 0.6 is 0 Å². The number of methoxy groups -OCH3 is 1. The molecule has 208 valence electrons. The highest BCUT2D eigenvalue weighted by molar-refractivity contribution is 5.73. The van der Waals surface area contributed by atoms with E-state index in [1.165, 1.54) is 37.4 Å². The summed E-state index contributed by atoms with van der Waals surface area (Å²) in [4.78, 5) is 18.9. The predicted octanol–water partition coefficient (Wildman–Crippen LogP) is 5.16. The van der Waals surface area contributed by atoms with E-state index in [2.05, 4.69) is 9.97 Å². The number of ether oxygens (including phenoxy) is 3. The molecule has 0 amide bonds. The summed E-state index contributed by atoms with van der Waals surface area (Å²) in [5.74, 6) is -0.619. The molecule has 0 saturated carbocycles. The SMILES string of the molecule is COc1ccccc1Oc1ccc(C(Oc2cc(-c3ccc(CC(N)C(=O)O)cc3)nc(N)n2)C(F)(F)F)cc1. The van der Waals surface area contributed by atoms with E-state index in [0.717, 1.165) is 0 Å². The van der Waals surface area contributed by atoms with Gasteiger partial charge in [-0.3, -0.25) is 4.79 Å². The summed E-state index contributed by atoms with van der Waals surface area (Å²) >= 11 is 0. The van der Waals surface area contributed by atoms with Crippen LogP contribution in [-0.2, 0) is 11.2 Å². The molecule has 12 heteroatoms. The molecule has 0 bridgehead atoms. The van der Waals surface area contributed by atoms with Gasteiger partial charge in [0, 0.05) is 17.2 Å². The number of para-hydroxylation sites is 2. The molecule has 1 aromatic heterocycles. The van der Waals surface area contributed by atoms with E-state index in [1.54, 1.807) is 48.5 Å². The van der Waals surface area contributed by atoms with Crippen LogP contribution < -0.4 is 25.7 Å². The normalized spacial score (nSPS) is 12.8. The topological polar surface area (TPSA) is 143 Å². The fourth-order valence-corrected chi connectivity index (χ4v) is 3.79. The van der Waals surface area contributed by atoms with E-state index in [-0.39, 0.29) is 29.5 Å². The monoisotopic (exact) mass is 554 g/mol. The van der Waals surface area contributed by atoms with E-state index in [0.29, 0.717) is 28.4 Å². The van der Waals surface area contributed by atoms with Crippen LogP contribution in [0.5, 0.6) is 23.1 Å². The Hall–Kier alpha value is -4.84. The van der Waals surface area contributed by atoms with Crippen LogP contribution in [0.15, 0.2) is 78.9 Å². The molecule has 2 unspecified atom stereocenters. The van der Waals surface area contributed by atoms with Gasteiger partial charge in [0.15, 0.2) is 11.5 Å². The zero-order valence-corrected chi connectivity index (χ0v) is 21.1. The molecule has 0 spiro atoms. The molecule has 5 N–H and O–H groups in total. The van der Waals surface area contributed by atoms with Crippen LogP contribution in [0.2, 0.25) is 0 Å². The molecular weight excluding hydrogens is 529 g/mol. The number of halogens is 3. The number of rotatable bonds is 10. The summed E-state index contributed by atoms with van der Waals surface area (Å²) in [6, 6.07) is 18.8. The lowest BCUT2D eigenvalue weighted by atomic mass is 10.0. The Morgan fingerprint density at radius 1 is 0.975 bits per heavy atom. The number of carbonyl (C=O) groups is 1. The summed E-state index contributed by atoms with van der Waals surface area (Å²) in [5, 5.41) is 8.98. The molecule has 0 aliphatic rings. The Labute approximate surface area is 227 Å². The number of aliphatic carboxylic acids is 1. The van der Waals surface area contributed by atoms with Crippen molar-refractivity contribution in [1.82, 2.24) is 9.97 Å². The van der Waals surface area contributed by atoms with Crippen LogP contribution in [0.3, 0.4) is 0 Å². The Morgan fingerprint density at radius 2 is 1.62 bits per heavy atom. The van der Waals surface area contributed by atoms with E-state index in [9.17, 15) is 18.0 Å². The third kappa shape index (κ3) is 6.97. The van der Waals surface area contributed by atoms with E-state index < -0.39 is 24.3 Å². The number of hydrogen-bond acceptors (Lipinski definition) is 8. The summed E-state index contributed by atoms with van der Waals surface area (Å²) in [7, 11) is 1.48. The first-order chi connectivity index (χ1) is 19.0. The van der Waals surface area contributed by atoms with E-state index in [1.807, 2.05) is 0 Å². The number of carboxylic acid groups (broad SMARTS) is 1. The van der Waals surface area contributed by atoms with Gasteiger partial charge in [-0.25, -0.2) is 4.98 Å². The van der Waals surface area contributed by atoms with Crippen LogP contribution in [-0.4, -0.2) is 40.4 Å². The molecule has 0 fully saturated rings. The van der Waals surface area contributed by atoms with Crippen molar-refractivity contribution in [1.29, 1.82) is 0 Å². The average Bonchev–Trinajstić information content (AvgIpc) is 2.92. The van der Waals surface area contributed by atoms with Gasteiger partial charge in [0.2, 0.25) is 17.9 Å². The van der Waals surface area contributed by atoms with E-state index in [4.69, 9.17) is 30.8 Å². The molecule has 2 atom stereocenters. The molecule has 40 heavy (non-hydrogen) atoms. The van der Waals surface area contributed by atoms with Gasteiger partial charge in [0.1, 0.15) is 11.8 Å². The van der Waals surface area contributed by atoms with Crippen LogP contribution in [0.1, 0.15) is 17.2 Å². The minimum atomic E-state index is -4.78. The highest BCUT2D eigenvalue weighted by Crippen LogP contribution is 2.38. The molecule has 1 heterocycles.